The summed E-state index contributed by atoms with van der Waals surface area (Å²) in [6.07, 6.45) is 66.7. The number of unbranched alkanes of at least 4 members (excludes halogenated alkanes) is 45. The predicted octanol–water partition coefficient (Wildman–Crippen LogP) is 18.5. The maximum absolute atomic E-state index is 12.5. The van der Waals surface area contributed by atoms with Crippen molar-refractivity contribution in [3.63, 3.8) is 0 Å². The third-order valence-electron chi connectivity index (χ3n) is 14.1. The first-order chi connectivity index (χ1) is 32.5. The number of carbonyl (C=O) groups excluding carboxylic acids is 2. The smallest absolute Gasteiger partial charge is 0.305 e. The topological polar surface area (TPSA) is 95.9 Å². The zero-order valence-electron chi connectivity index (χ0n) is 44.7. The Labute approximate surface area is 412 Å². The zero-order valence-corrected chi connectivity index (χ0v) is 44.7. The Hall–Kier alpha value is -1.40. The van der Waals surface area contributed by atoms with E-state index < -0.39 is 12.1 Å². The van der Waals surface area contributed by atoms with Gasteiger partial charge in [0.05, 0.1) is 25.4 Å². The van der Waals surface area contributed by atoms with Gasteiger partial charge in [0, 0.05) is 12.8 Å². The molecule has 2 atom stereocenters. The highest BCUT2D eigenvalue weighted by Crippen LogP contribution is 2.18. The van der Waals surface area contributed by atoms with E-state index in [0.717, 1.165) is 57.8 Å². The molecule has 2 unspecified atom stereocenters. The first-order valence-corrected chi connectivity index (χ1v) is 30.0. The van der Waals surface area contributed by atoms with E-state index >= 15 is 0 Å². The van der Waals surface area contributed by atoms with Crippen molar-refractivity contribution in [1.29, 1.82) is 0 Å². The summed E-state index contributed by atoms with van der Waals surface area (Å²) in [6, 6.07) is -0.644. The number of amides is 1. The van der Waals surface area contributed by atoms with Crippen LogP contribution in [0, 0.1) is 0 Å². The summed E-state index contributed by atoms with van der Waals surface area (Å²) in [5.41, 5.74) is 0. The van der Waals surface area contributed by atoms with Crippen LogP contribution in [0.25, 0.3) is 0 Å². The summed E-state index contributed by atoms with van der Waals surface area (Å²) in [5.74, 6) is -0.103. The Balaban J connectivity index is 3.48. The van der Waals surface area contributed by atoms with Crippen molar-refractivity contribution in [3.05, 3.63) is 12.2 Å². The van der Waals surface area contributed by atoms with Gasteiger partial charge in [0.25, 0.3) is 0 Å². The molecule has 0 aromatic rings. The first kappa shape index (κ1) is 64.6. The summed E-state index contributed by atoms with van der Waals surface area (Å²) in [7, 11) is 0. The van der Waals surface area contributed by atoms with Crippen LogP contribution in [0.4, 0.5) is 0 Å². The average molecular weight is 933 g/mol. The molecule has 0 aliphatic heterocycles. The second-order valence-electron chi connectivity index (χ2n) is 20.7. The van der Waals surface area contributed by atoms with Crippen molar-refractivity contribution >= 4 is 11.9 Å². The Morgan fingerprint density at radius 3 is 1.03 bits per heavy atom. The minimum Gasteiger partial charge on any atom is -0.466 e. The lowest BCUT2D eigenvalue weighted by Crippen LogP contribution is -2.45. The van der Waals surface area contributed by atoms with Crippen molar-refractivity contribution in [3.8, 4) is 0 Å². The molecule has 0 saturated heterocycles. The molecule has 0 aromatic carbocycles. The molecule has 0 fully saturated rings. The van der Waals surface area contributed by atoms with Crippen molar-refractivity contribution < 1.29 is 24.5 Å². The summed E-state index contributed by atoms with van der Waals surface area (Å²) >= 11 is 0. The molecule has 0 aliphatic rings. The van der Waals surface area contributed by atoms with Crippen LogP contribution in [-0.2, 0) is 14.3 Å². The second-order valence-corrected chi connectivity index (χ2v) is 20.7. The molecule has 0 aromatic heterocycles. The molecule has 66 heavy (non-hydrogen) atoms. The minimum atomic E-state index is -0.859. The van der Waals surface area contributed by atoms with Crippen LogP contribution in [0.1, 0.15) is 335 Å². The fourth-order valence-electron chi connectivity index (χ4n) is 9.46. The molecule has 0 heterocycles. The fraction of sp³-hybridized carbons (Fsp3) is 0.933. The van der Waals surface area contributed by atoms with Crippen LogP contribution in [0.15, 0.2) is 12.2 Å². The normalized spacial score (nSPS) is 12.6. The number of carbonyl (C=O) groups is 2. The van der Waals surface area contributed by atoms with Crippen molar-refractivity contribution in [2.45, 2.75) is 347 Å². The lowest BCUT2D eigenvalue weighted by Gasteiger charge is -2.20. The summed E-state index contributed by atoms with van der Waals surface area (Å²) in [5, 5.41) is 23.2. The first-order valence-electron chi connectivity index (χ1n) is 30.0. The third-order valence-corrected chi connectivity index (χ3v) is 14.1. The number of aliphatic hydroxyl groups is 2. The number of ether oxygens (including phenoxy) is 1. The number of hydrogen-bond acceptors (Lipinski definition) is 5. The molecule has 0 bridgehead atoms. The summed E-state index contributed by atoms with van der Waals surface area (Å²) in [6.45, 7) is 4.88. The Morgan fingerprint density at radius 1 is 0.409 bits per heavy atom. The molecule has 0 saturated carbocycles. The number of hydrogen-bond donors (Lipinski definition) is 3. The molecule has 6 heteroatoms. The maximum atomic E-state index is 12.5. The van der Waals surface area contributed by atoms with E-state index in [9.17, 15) is 19.8 Å². The van der Waals surface area contributed by atoms with Gasteiger partial charge in [0.1, 0.15) is 0 Å². The van der Waals surface area contributed by atoms with Crippen LogP contribution < -0.4 is 5.32 Å². The molecule has 0 spiro atoms. The molecule has 6 nitrogen and oxygen atoms in total. The van der Waals surface area contributed by atoms with Gasteiger partial charge in [-0.15, -0.1) is 0 Å². The minimum absolute atomic E-state index is 0.0162. The van der Waals surface area contributed by atoms with Crippen molar-refractivity contribution in [1.82, 2.24) is 5.32 Å². The number of aliphatic hydroxyl groups excluding tert-OH is 2. The summed E-state index contributed by atoms with van der Waals surface area (Å²) in [4.78, 5) is 24.6. The molecular formula is C60H117NO5. The summed E-state index contributed by atoms with van der Waals surface area (Å²) < 4.78 is 5.47. The van der Waals surface area contributed by atoms with E-state index in [1.165, 1.54) is 250 Å². The number of esters is 1. The molecule has 0 aliphatic carbocycles. The van der Waals surface area contributed by atoms with Crippen LogP contribution in [0.2, 0.25) is 0 Å². The van der Waals surface area contributed by atoms with E-state index in [1.807, 2.05) is 6.08 Å². The number of nitrogens with one attached hydrogen (secondary N) is 1. The van der Waals surface area contributed by atoms with Gasteiger partial charge in [0.2, 0.25) is 5.91 Å². The third kappa shape index (κ3) is 52.0. The average Bonchev–Trinajstić information content (AvgIpc) is 3.32. The fourth-order valence-corrected chi connectivity index (χ4v) is 9.46. The van der Waals surface area contributed by atoms with Gasteiger partial charge in [-0.05, 0) is 32.1 Å². The highest BCUT2D eigenvalue weighted by Gasteiger charge is 2.18. The van der Waals surface area contributed by atoms with Gasteiger partial charge in [-0.2, -0.15) is 0 Å². The second kappa shape index (κ2) is 56.2. The largest absolute Gasteiger partial charge is 0.466 e. The lowest BCUT2D eigenvalue weighted by molar-refractivity contribution is -0.143. The lowest BCUT2D eigenvalue weighted by atomic mass is 10.0. The van der Waals surface area contributed by atoms with Crippen LogP contribution in [0.3, 0.4) is 0 Å². The molecule has 0 radical (unpaired) electrons. The van der Waals surface area contributed by atoms with E-state index in [-0.39, 0.29) is 18.5 Å². The molecule has 392 valence electrons. The monoisotopic (exact) mass is 932 g/mol. The van der Waals surface area contributed by atoms with E-state index in [2.05, 4.69) is 19.2 Å². The molecule has 0 rings (SSSR count). The van der Waals surface area contributed by atoms with Gasteiger partial charge in [0.15, 0.2) is 0 Å². The molecular weight excluding hydrogens is 815 g/mol. The van der Waals surface area contributed by atoms with Crippen LogP contribution >= 0.6 is 0 Å². The molecule has 3 N–H and O–H groups in total. The maximum Gasteiger partial charge on any atom is 0.305 e. The Morgan fingerprint density at radius 2 is 0.697 bits per heavy atom. The van der Waals surface area contributed by atoms with E-state index in [0.29, 0.717) is 19.4 Å². The zero-order chi connectivity index (χ0) is 47.9. The predicted molar refractivity (Wildman–Crippen MR) is 287 cm³/mol. The Bertz CT molecular complexity index is 986. The van der Waals surface area contributed by atoms with Crippen molar-refractivity contribution in [2.24, 2.45) is 0 Å². The number of rotatable bonds is 56. The van der Waals surface area contributed by atoms with Gasteiger partial charge in [-0.1, -0.05) is 302 Å². The molecule has 1 amide bonds. The Kier molecular flexibility index (Phi) is 55.0. The van der Waals surface area contributed by atoms with Gasteiger partial charge < -0.3 is 20.3 Å². The van der Waals surface area contributed by atoms with Gasteiger partial charge >= 0.3 is 5.97 Å². The van der Waals surface area contributed by atoms with Crippen LogP contribution in [0.5, 0.6) is 0 Å². The standard InChI is InChI=1S/C60H117NO5/c1-3-5-7-9-11-13-15-17-19-21-22-23-24-25-26-27-28-30-32-36-40-44-48-52-58(63)57(56-62)61-59(64)53-49-45-41-37-34-35-39-43-47-51-55-66-60(65)54-50-46-42-38-33-31-29-20-18-16-14-12-10-8-6-4-2/h48,52,57-58,62-63H,3-47,49-51,53-56H2,1-2H3,(H,61,64)/b52-48+. The SMILES string of the molecule is CCCCCCCCCCCCCCCCCCCCCCC/C=C/C(O)C(CO)NC(=O)CCCCCCCCCCCCOC(=O)CCCCCCCCCCCCCCCCCC. The highest BCUT2D eigenvalue weighted by atomic mass is 16.5. The number of allylic oxidation sites excluding steroid dienone is 1. The van der Waals surface area contributed by atoms with Gasteiger partial charge in [-0.3, -0.25) is 9.59 Å². The quantitative estimate of drug-likeness (QED) is 0.0321. The van der Waals surface area contributed by atoms with E-state index in [1.54, 1.807) is 6.08 Å². The highest BCUT2D eigenvalue weighted by molar-refractivity contribution is 5.76. The van der Waals surface area contributed by atoms with Crippen LogP contribution in [-0.4, -0.2) is 47.4 Å². The van der Waals surface area contributed by atoms with Crippen molar-refractivity contribution in [2.75, 3.05) is 13.2 Å². The van der Waals surface area contributed by atoms with E-state index in [4.69, 9.17) is 4.74 Å². The van der Waals surface area contributed by atoms with Gasteiger partial charge in [-0.25, -0.2) is 0 Å².